The number of thiol groups is 1. The Hall–Kier alpha value is -1.02. The lowest BCUT2D eigenvalue weighted by Gasteiger charge is -2.32. The van der Waals surface area contributed by atoms with Gasteiger partial charge in [-0.3, -0.25) is 0 Å². The molecule has 0 unspecified atom stereocenters. The van der Waals surface area contributed by atoms with Crippen molar-refractivity contribution in [3.63, 3.8) is 0 Å². The zero-order valence-electron chi connectivity index (χ0n) is 14.8. The van der Waals surface area contributed by atoms with E-state index < -0.39 is 18.3 Å². The summed E-state index contributed by atoms with van der Waals surface area (Å²) in [6.45, 7) is 7.99. The van der Waals surface area contributed by atoms with Crippen molar-refractivity contribution in [1.29, 1.82) is 0 Å². The SMILES string of the molecule is COCOc1ccc(C=C(CS)B2OC(C)(C)C(C)(C)O2)c(F)c1. The fourth-order valence-electron chi connectivity index (χ4n) is 2.22. The van der Waals surface area contributed by atoms with Crippen molar-refractivity contribution in [2.24, 2.45) is 0 Å². The van der Waals surface area contributed by atoms with Gasteiger partial charge in [0.1, 0.15) is 11.6 Å². The molecule has 1 heterocycles. The van der Waals surface area contributed by atoms with Crippen LogP contribution in [0.15, 0.2) is 23.7 Å². The minimum atomic E-state index is -0.545. The van der Waals surface area contributed by atoms with Crippen molar-refractivity contribution < 1.29 is 23.2 Å². The molecule has 0 saturated carbocycles. The summed E-state index contributed by atoms with van der Waals surface area (Å²) < 4.78 is 36.3. The summed E-state index contributed by atoms with van der Waals surface area (Å²) in [4.78, 5) is 0. The van der Waals surface area contributed by atoms with Crippen LogP contribution in [0.3, 0.4) is 0 Å². The summed E-state index contributed by atoms with van der Waals surface area (Å²) in [5, 5.41) is 0. The average Bonchev–Trinajstić information content (AvgIpc) is 2.72. The van der Waals surface area contributed by atoms with E-state index in [1.54, 1.807) is 18.2 Å². The molecule has 2 rings (SSSR count). The van der Waals surface area contributed by atoms with E-state index in [9.17, 15) is 4.39 Å². The summed E-state index contributed by atoms with van der Waals surface area (Å²) in [6.07, 6.45) is 1.71. The first kappa shape index (κ1) is 19.3. The third kappa shape index (κ3) is 4.14. The number of hydrogen-bond donors (Lipinski definition) is 1. The molecule has 0 atom stereocenters. The van der Waals surface area contributed by atoms with Gasteiger partial charge in [0.05, 0.1) is 11.2 Å². The Morgan fingerprint density at radius 1 is 1.25 bits per heavy atom. The predicted molar refractivity (Wildman–Crippen MR) is 96.8 cm³/mol. The second-order valence-electron chi connectivity index (χ2n) is 6.70. The van der Waals surface area contributed by atoms with E-state index in [0.717, 1.165) is 5.47 Å². The second kappa shape index (κ2) is 7.48. The fourth-order valence-corrected chi connectivity index (χ4v) is 2.46. The van der Waals surface area contributed by atoms with E-state index >= 15 is 0 Å². The fraction of sp³-hybridized carbons (Fsp3) is 0.529. The summed E-state index contributed by atoms with van der Waals surface area (Å²) in [5.41, 5.74) is 0.298. The molecule has 1 aliphatic rings. The lowest BCUT2D eigenvalue weighted by molar-refractivity contribution is 0.00578. The number of rotatable bonds is 6. The molecular weight excluding hydrogens is 330 g/mol. The van der Waals surface area contributed by atoms with Gasteiger partial charge in [-0.25, -0.2) is 4.39 Å². The molecule has 1 aliphatic heterocycles. The van der Waals surface area contributed by atoms with E-state index in [1.807, 2.05) is 27.7 Å². The van der Waals surface area contributed by atoms with Crippen molar-refractivity contribution in [3.8, 4) is 5.75 Å². The number of methoxy groups -OCH3 is 1. The quantitative estimate of drug-likeness (QED) is 0.480. The minimum absolute atomic E-state index is 0.0738. The molecule has 132 valence electrons. The highest BCUT2D eigenvalue weighted by atomic mass is 32.1. The van der Waals surface area contributed by atoms with Crippen molar-refractivity contribution in [2.45, 2.75) is 38.9 Å². The first-order chi connectivity index (χ1) is 11.2. The van der Waals surface area contributed by atoms with Crippen LogP contribution < -0.4 is 4.74 Å². The van der Waals surface area contributed by atoms with Crippen LogP contribution in [-0.4, -0.2) is 38.0 Å². The molecule has 0 spiro atoms. The van der Waals surface area contributed by atoms with Crippen LogP contribution in [0.1, 0.15) is 33.3 Å². The summed E-state index contributed by atoms with van der Waals surface area (Å²) in [6, 6.07) is 4.66. The number of ether oxygens (including phenoxy) is 2. The molecule has 0 aromatic heterocycles. The van der Waals surface area contributed by atoms with Crippen molar-refractivity contribution >= 4 is 25.8 Å². The van der Waals surface area contributed by atoms with Gasteiger partial charge >= 0.3 is 7.12 Å². The molecule has 0 bridgehead atoms. The molecular formula is C17H24BFO4S. The van der Waals surface area contributed by atoms with Gasteiger partial charge in [0.25, 0.3) is 0 Å². The number of halogens is 1. The number of benzene rings is 1. The maximum Gasteiger partial charge on any atom is 0.491 e. The van der Waals surface area contributed by atoms with Gasteiger partial charge in [-0.1, -0.05) is 6.08 Å². The van der Waals surface area contributed by atoms with Gasteiger partial charge in [0, 0.05) is 24.5 Å². The van der Waals surface area contributed by atoms with Crippen molar-refractivity contribution in [2.75, 3.05) is 19.7 Å². The third-order valence-corrected chi connectivity index (χ3v) is 4.76. The van der Waals surface area contributed by atoms with E-state index in [0.29, 0.717) is 17.1 Å². The van der Waals surface area contributed by atoms with Gasteiger partial charge in [-0.05, 0) is 45.3 Å². The number of hydrogen-bond acceptors (Lipinski definition) is 5. The van der Waals surface area contributed by atoms with Gasteiger partial charge in [0.2, 0.25) is 0 Å². The zero-order chi connectivity index (χ0) is 18.0. The molecule has 0 aliphatic carbocycles. The Labute approximate surface area is 148 Å². The Morgan fingerprint density at radius 3 is 2.38 bits per heavy atom. The van der Waals surface area contributed by atoms with Gasteiger partial charge < -0.3 is 18.8 Å². The summed E-state index contributed by atoms with van der Waals surface area (Å²) in [7, 11) is 0.966. The molecule has 0 amide bonds. The lowest BCUT2D eigenvalue weighted by atomic mass is 9.78. The van der Waals surface area contributed by atoms with Gasteiger partial charge in [0.15, 0.2) is 6.79 Å². The van der Waals surface area contributed by atoms with E-state index in [2.05, 4.69) is 12.6 Å². The minimum Gasteiger partial charge on any atom is -0.467 e. The standard InChI is InChI=1S/C17H24BFO4S/c1-16(2)17(3,4)23-18(22-16)13(10-24)8-12-6-7-14(9-15(12)19)21-11-20-5/h6-9,24H,10-11H2,1-5H3. The molecule has 1 aromatic carbocycles. The maximum atomic E-state index is 14.3. The van der Waals surface area contributed by atoms with Crippen LogP contribution >= 0.6 is 12.6 Å². The van der Waals surface area contributed by atoms with E-state index in [-0.39, 0.29) is 12.6 Å². The molecule has 1 saturated heterocycles. The zero-order valence-corrected chi connectivity index (χ0v) is 15.7. The summed E-state index contributed by atoms with van der Waals surface area (Å²) in [5.74, 6) is 0.423. The highest BCUT2D eigenvalue weighted by Crippen LogP contribution is 2.39. The second-order valence-corrected chi connectivity index (χ2v) is 7.02. The van der Waals surface area contributed by atoms with Crippen molar-refractivity contribution in [3.05, 3.63) is 35.1 Å². The molecule has 0 radical (unpaired) electrons. The smallest absolute Gasteiger partial charge is 0.467 e. The summed E-state index contributed by atoms with van der Waals surface area (Å²) >= 11 is 4.34. The predicted octanol–water partition coefficient (Wildman–Crippen LogP) is 3.75. The first-order valence-electron chi connectivity index (χ1n) is 7.78. The Morgan fingerprint density at radius 2 is 1.88 bits per heavy atom. The highest BCUT2D eigenvalue weighted by molar-refractivity contribution is 7.80. The molecule has 24 heavy (non-hydrogen) atoms. The third-order valence-electron chi connectivity index (χ3n) is 4.39. The van der Waals surface area contributed by atoms with Crippen LogP contribution in [0.5, 0.6) is 5.75 Å². The maximum absolute atomic E-state index is 14.3. The Balaban J connectivity index is 2.22. The first-order valence-corrected chi connectivity index (χ1v) is 8.41. The molecule has 1 fully saturated rings. The molecule has 1 aromatic rings. The van der Waals surface area contributed by atoms with Crippen LogP contribution in [0.4, 0.5) is 4.39 Å². The normalized spacial score (nSPS) is 19.6. The van der Waals surface area contributed by atoms with Crippen LogP contribution in [0.25, 0.3) is 6.08 Å². The van der Waals surface area contributed by atoms with E-state index in [1.165, 1.54) is 13.2 Å². The Kier molecular flexibility index (Phi) is 6.02. The monoisotopic (exact) mass is 354 g/mol. The van der Waals surface area contributed by atoms with Crippen molar-refractivity contribution in [1.82, 2.24) is 0 Å². The average molecular weight is 354 g/mol. The van der Waals surface area contributed by atoms with Gasteiger partial charge in [-0.2, -0.15) is 12.6 Å². The topological polar surface area (TPSA) is 36.9 Å². The van der Waals surface area contributed by atoms with Gasteiger partial charge in [-0.15, -0.1) is 0 Å². The molecule has 7 heteroatoms. The van der Waals surface area contributed by atoms with Crippen LogP contribution in [0.2, 0.25) is 0 Å². The van der Waals surface area contributed by atoms with Crippen LogP contribution in [0, 0.1) is 5.82 Å². The largest absolute Gasteiger partial charge is 0.491 e. The van der Waals surface area contributed by atoms with Crippen LogP contribution in [-0.2, 0) is 14.0 Å². The highest BCUT2D eigenvalue weighted by Gasteiger charge is 2.52. The van der Waals surface area contributed by atoms with E-state index in [4.69, 9.17) is 18.8 Å². The lowest BCUT2D eigenvalue weighted by Crippen LogP contribution is -2.41. The molecule has 0 N–H and O–H groups in total. The molecule has 4 nitrogen and oxygen atoms in total. The Bertz CT molecular complexity index is 603.